The summed E-state index contributed by atoms with van der Waals surface area (Å²) < 4.78 is 5.79. The van der Waals surface area contributed by atoms with E-state index in [-0.39, 0.29) is 5.91 Å². The second-order valence-electron chi connectivity index (χ2n) is 5.97. The van der Waals surface area contributed by atoms with Gasteiger partial charge in [-0.05, 0) is 54.6 Å². The van der Waals surface area contributed by atoms with Crippen LogP contribution in [0.2, 0.25) is 10.0 Å². The van der Waals surface area contributed by atoms with Gasteiger partial charge in [-0.3, -0.25) is 4.79 Å². The smallest absolute Gasteiger partial charge is 0.234 e. The zero-order chi connectivity index (χ0) is 19.5. The number of amides is 1. The molecule has 0 spiro atoms. The maximum absolute atomic E-state index is 12.2. The highest BCUT2D eigenvalue weighted by Crippen LogP contribution is 2.30. The molecule has 4 rings (SSSR count). The Hall–Kier alpha value is -2.47. The van der Waals surface area contributed by atoms with Gasteiger partial charge in [0, 0.05) is 15.6 Å². The number of hydrogen-bond acceptors (Lipinski definition) is 4. The van der Waals surface area contributed by atoms with Crippen molar-refractivity contribution in [3.8, 4) is 11.5 Å². The molecular weight excluding hydrogens is 415 g/mol. The lowest BCUT2D eigenvalue weighted by Crippen LogP contribution is -2.13. The number of rotatable bonds is 5. The van der Waals surface area contributed by atoms with Crippen molar-refractivity contribution < 1.29 is 9.21 Å². The number of thioether (sulfide) groups is 1. The molecule has 0 aliphatic rings. The van der Waals surface area contributed by atoms with Crippen molar-refractivity contribution >= 4 is 57.7 Å². The maximum Gasteiger partial charge on any atom is 0.234 e. The molecule has 0 radical (unpaired) electrons. The van der Waals surface area contributed by atoms with E-state index in [1.807, 2.05) is 30.3 Å². The molecule has 0 unspecified atom stereocenters. The van der Waals surface area contributed by atoms with Gasteiger partial charge in [0.1, 0.15) is 5.52 Å². The summed E-state index contributed by atoms with van der Waals surface area (Å²) in [5.41, 5.74) is 2.67. The van der Waals surface area contributed by atoms with E-state index >= 15 is 0 Å². The monoisotopic (exact) mass is 428 g/mol. The fourth-order valence-corrected chi connectivity index (χ4v) is 3.67. The Morgan fingerprint density at radius 2 is 1.82 bits per heavy atom. The number of nitrogens with one attached hydrogen (secondary N) is 1. The van der Waals surface area contributed by atoms with Crippen molar-refractivity contribution in [3.63, 3.8) is 0 Å². The summed E-state index contributed by atoms with van der Waals surface area (Å²) >= 11 is 13.5. The van der Waals surface area contributed by atoms with Crippen molar-refractivity contribution in [2.75, 3.05) is 11.1 Å². The first-order valence-electron chi connectivity index (χ1n) is 8.42. The highest BCUT2D eigenvalue weighted by molar-refractivity contribution is 8.00. The number of nitrogens with zero attached hydrogens (tertiary/aromatic N) is 1. The molecule has 140 valence electrons. The Kier molecular flexibility index (Phi) is 5.57. The summed E-state index contributed by atoms with van der Waals surface area (Å²) in [6.07, 6.45) is 0. The Morgan fingerprint density at radius 3 is 2.61 bits per heavy atom. The first-order chi connectivity index (χ1) is 13.6. The van der Waals surface area contributed by atoms with Crippen LogP contribution < -0.4 is 5.32 Å². The molecule has 0 fully saturated rings. The zero-order valence-electron chi connectivity index (χ0n) is 14.5. The number of carbonyl (C=O) groups excluding carboxylic acids is 1. The van der Waals surface area contributed by atoms with E-state index in [1.54, 1.807) is 36.4 Å². The van der Waals surface area contributed by atoms with Gasteiger partial charge in [0.05, 0.1) is 16.3 Å². The third kappa shape index (κ3) is 4.33. The molecule has 7 heteroatoms. The topological polar surface area (TPSA) is 55.1 Å². The number of fused-ring (bicyclic) bond motifs is 1. The highest BCUT2D eigenvalue weighted by Gasteiger charge is 2.12. The molecule has 1 heterocycles. The van der Waals surface area contributed by atoms with Crippen molar-refractivity contribution in [1.29, 1.82) is 0 Å². The minimum absolute atomic E-state index is 0.103. The van der Waals surface area contributed by atoms with Gasteiger partial charge < -0.3 is 9.73 Å². The quantitative estimate of drug-likeness (QED) is 0.367. The SMILES string of the molecule is O=C(CSc1ccc(Cl)cc1)Nc1ccc2oc(-c3ccccc3Cl)nc2c1. The third-order valence-electron chi connectivity index (χ3n) is 3.96. The number of halogens is 2. The summed E-state index contributed by atoms with van der Waals surface area (Å²) in [6, 6.07) is 20.1. The molecule has 0 saturated heterocycles. The molecular formula is C21H14Cl2N2O2S. The van der Waals surface area contributed by atoms with Crippen LogP contribution in [0.1, 0.15) is 0 Å². The fraction of sp³-hybridized carbons (Fsp3) is 0.0476. The largest absolute Gasteiger partial charge is 0.436 e. The second kappa shape index (κ2) is 8.27. The number of oxazole rings is 1. The van der Waals surface area contributed by atoms with Crippen LogP contribution in [0.15, 0.2) is 76.0 Å². The molecule has 4 nitrogen and oxygen atoms in total. The first-order valence-corrected chi connectivity index (χ1v) is 10.2. The van der Waals surface area contributed by atoms with Crippen molar-refractivity contribution in [3.05, 3.63) is 76.8 Å². The summed E-state index contributed by atoms with van der Waals surface area (Å²) in [5, 5.41) is 4.13. The van der Waals surface area contributed by atoms with Crippen LogP contribution in [0, 0.1) is 0 Å². The van der Waals surface area contributed by atoms with Gasteiger partial charge in [-0.25, -0.2) is 4.98 Å². The first kappa shape index (κ1) is 18.9. The van der Waals surface area contributed by atoms with E-state index in [4.69, 9.17) is 27.6 Å². The number of benzene rings is 3. The average molecular weight is 429 g/mol. The lowest BCUT2D eigenvalue weighted by molar-refractivity contribution is -0.113. The lowest BCUT2D eigenvalue weighted by atomic mass is 10.2. The van der Waals surface area contributed by atoms with Crippen molar-refractivity contribution in [2.24, 2.45) is 0 Å². The lowest BCUT2D eigenvalue weighted by Gasteiger charge is -2.05. The van der Waals surface area contributed by atoms with Crippen molar-refractivity contribution in [1.82, 2.24) is 4.98 Å². The highest BCUT2D eigenvalue weighted by atomic mass is 35.5. The molecule has 4 aromatic rings. The number of hydrogen-bond donors (Lipinski definition) is 1. The van der Waals surface area contributed by atoms with E-state index in [1.165, 1.54) is 11.8 Å². The van der Waals surface area contributed by atoms with E-state index in [2.05, 4.69) is 10.3 Å². The number of anilines is 1. The van der Waals surface area contributed by atoms with Crippen LogP contribution in [0.3, 0.4) is 0 Å². The molecule has 0 saturated carbocycles. The standard InChI is InChI=1S/C21H14Cl2N2O2S/c22-13-5-8-15(9-6-13)28-12-20(26)24-14-7-10-19-18(11-14)25-21(27-19)16-3-1-2-4-17(16)23/h1-11H,12H2,(H,24,26). The Morgan fingerprint density at radius 1 is 1.04 bits per heavy atom. The van der Waals surface area contributed by atoms with Gasteiger partial charge in [-0.2, -0.15) is 0 Å². The molecule has 0 atom stereocenters. The fourth-order valence-electron chi connectivity index (χ4n) is 2.63. The third-order valence-corrected chi connectivity index (χ3v) is 5.55. The summed E-state index contributed by atoms with van der Waals surface area (Å²) in [4.78, 5) is 17.7. The molecule has 28 heavy (non-hydrogen) atoms. The van der Waals surface area contributed by atoms with Gasteiger partial charge in [-0.15, -0.1) is 11.8 Å². The molecule has 0 aliphatic carbocycles. The summed E-state index contributed by atoms with van der Waals surface area (Å²) in [5.74, 6) is 0.639. The molecule has 3 aromatic carbocycles. The maximum atomic E-state index is 12.2. The van der Waals surface area contributed by atoms with Gasteiger partial charge in [0.25, 0.3) is 0 Å². The van der Waals surface area contributed by atoms with Gasteiger partial charge in [0.15, 0.2) is 5.58 Å². The van der Waals surface area contributed by atoms with Gasteiger partial charge in [-0.1, -0.05) is 35.3 Å². The van der Waals surface area contributed by atoms with E-state index in [9.17, 15) is 4.79 Å². The molecule has 0 aliphatic heterocycles. The molecule has 1 aromatic heterocycles. The van der Waals surface area contributed by atoms with Crippen LogP contribution in [0.5, 0.6) is 0 Å². The predicted molar refractivity (Wildman–Crippen MR) is 115 cm³/mol. The van der Waals surface area contributed by atoms with Gasteiger partial charge >= 0.3 is 0 Å². The van der Waals surface area contributed by atoms with Gasteiger partial charge in [0.2, 0.25) is 11.8 Å². The van der Waals surface area contributed by atoms with Crippen LogP contribution in [-0.2, 0) is 4.79 Å². The Bertz CT molecular complexity index is 1140. The molecule has 1 N–H and O–H groups in total. The number of aromatic nitrogens is 1. The van der Waals surface area contributed by atoms with Crippen LogP contribution in [0.4, 0.5) is 5.69 Å². The summed E-state index contributed by atoms with van der Waals surface area (Å²) in [6.45, 7) is 0. The average Bonchev–Trinajstić information content (AvgIpc) is 3.11. The van der Waals surface area contributed by atoms with Crippen LogP contribution in [0.25, 0.3) is 22.6 Å². The predicted octanol–water partition coefficient (Wildman–Crippen LogP) is 6.53. The van der Waals surface area contributed by atoms with E-state index in [0.717, 1.165) is 10.5 Å². The van der Waals surface area contributed by atoms with Crippen molar-refractivity contribution in [2.45, 2.75) is 4.90 Å². The van der Waals surface area contributed by atoms with Crippen LogP contribution >= 0.6 is 35.0 Å². The molecule has 0 bridgehead atoms. The number of carbonyl (C=O) groups is 1. The van der Waals surface area contributed by atoms with E-state index in [0.29, 0.717) is 38.5 Å². The Labute approximate surface area is 175 Å². The zero-order valence-corrected chi connectivity index (χ0v) is 16.8. The minimum atomic E-state index is -0.103. The van der Waals surface area contributed by atoms with E-state index < -0.39 is 0 Å². The minimum Gasteiger partial charge on any atom is -0.436 e. The second-order valence-corrected chi connectivity index (χ2v) is 7.86. The molecule has 1 amide bonds. The normalized spacial score (nSPS) is 10.9. The summed E-state index contributed by atoms with van der Waals surface area (Å²) in [7, 11) is 0. The Balaban J connectivity index is 1.46. The van der Waals surface area contributed by atoms with Crippen LogP contribution in [-0.4, -0.2) is 16.6 Å².